The van der Waals surface area contributed by atoms with E-state index in [1.807, 2.05) is 6.92 Å². The van der Waals surface area contributed by atoms with Crippen LogP contribution in [0.4, 0.5) is 5.88 Å². The van der Waals surface area contributed by atoms with Gasteiger partial charge in [0.05, 0.1) is 12.2 Å². The molecule has 0 aliphatic heterocycles. The number of anilines is 1. The lowest BCUT2D eigenvalue weighted by atomic mass is 9.93. The number of nitrogens with two attached hydrogens (primary N) is 1. The standard InChI is InChI=1S/C13H24N4O2/c1-5-17(9-13(3,4)8-14)7-11(18)15-12-6-10(2)16-19-12/h6H,5,7-9,14H2,1-4H3,(H,15,18). The topological polar surface area (TPSA) is 84.4 Å². The highest BCUT2D eigenvalue weighted by atomic mass is 16.5. The summed E-state index contributed by atoms with van der Waals surface area (Å²) in [5.74, 6) is 0.280. The molecule has 1 aromatic rings. The van der Waals surface area contributed by atoms with E-state index in [2.05, 4.69) is 29.2 Å². The highest BCUT2D eigenvalue weighted by Gasteiger charge is 2.21. The molecule has 6 heteroatoms. The summed E-state index contributed by atoms with van der Waals surface area (Å²) in [6.07, 6.45) is 0. The molecule has 0 atom stereocenters. The number of nitrogens with zero attached hydrogens (tertiary/aromatic N) is 2. The predicted octanol–water partition coefficient (Wildman–Crippen LogP) is 1.23. The van der Waals surface area contributed by atoms with Gasteiger partial charge in [0.25, 0.3) is 0 Å². The molecule has 0 unspecified atom stereocenters. The summed E-state index contributed by atoms with van der Waals surface area (Å²) >= 11 is 0. The van der Waals surface area contributed by atoms with E-state index in [1.165, 1.54) is 0 Å². The molecular formula is C13H24N4O2. The van der Waals surface area contributed by atoms with Gasteiger partial charge in [-0.1, -0.05) is 25.9 Å². The fourth-order valence-electron chi connectivity index (χ4n) is 1.75. The summed E-state index contributed by atoms with van der Waals surface area (Å²) < 4.78 is 4.95. The number of likely N-dealkylation sites (N-methyl/N-ethyl adjacent to an activating group) is 1. The number of carbonyl (C=O) groups is 1. The minimum atomic E-state index is -0.106. The zero-order chi connectivity index (χ0) is 14.5. The van der Waals surface area contributed by atoms with Crippen molar-refractivity contribution in [1.82, 2.24) is 10.1 Å². The van der Waals surface area contributed by atoms with Gasteiger partial charge in [-0.2, -0.15) is 0 Å². The second-order valence-electron chi connectivity index (χ2n) is 5.55. The van der Waals surface area contributed by atoms with Gasteiger partial charge < -0.3 is 10.3 Å². The molecule has 6 nitrogen and oxygen atoms in total. The fourth-order valence-corrected chi connectivity index (χ4v) is 1.75. The Kier molecular flexibility index (Phi) is 5.50. The Hall–Kier alpha value is -1.40. The summed E-state index contributed by atoms with van der Waals surface area (Å²) in [5, 5.41) is 6.41. The first-order chi connectivity index (χ1) is 8.86. The van der Waals surface area contributed by atoms with Crippen LogP contribution >= 0.6 is 0 Å². The van der Waals surface area contributed by atoms with Crippen LogP contribution in [-0.2, 0) is 4.79 Å². The summed E-state index contributed by atoms with van der Waals surface area (Å²) in [5.41, 5.74) is 6.46. The summed E-state index contributed by atoms with van der Waals surface area (Å²) in [7, 11) is 0. The van der Waals surface area contributed by atoms with E-state index in [-0.39, 0.29) is 11.3 Å². The van der Waals surface area contributed by atoms with Crippen LogP contribution in [0.5, 0.6) is 0 Å². The summed E-state index contributed by atoms with van der Waals surface area (Å²) in [6, 6.07) is 1.69. The zero-order valence-electron chi connectivity index (χ0n) is 12.2. The first kappa shape index (κ1) is 15.7. The quantitative estimate of drug-likeness (QED) is 0.777. The number of aromatic nitrogens is 1. The van der Waals surface area contributed by atoms with Crippen LogP contribution in [0.1, 0.15) is 26.5 Å². The lowest BCUT2D eigenvalue weighted by molar-refractivity contribution is -0.117. The molecule has 1 amide bonds. The predicted molar refractivity (Wildman–Crippen MR) is 74.8 cm³/mol. The fraction of sp³-hybridized carbons (Fsp3) is 0.692. The molecule has 0 aliphatic rings. The Labute approximate surface area is 114 Å². The average molecular weight is 268 g/mol. The molecule has 0 radical (unpaired) electrons. The number of carbonyl (C=O) groups excluding carboxylic acids is 1. The van der Waals surface area contributed by atoms with Crippen molar-refractivity contribution in [3.05, 3.63) is 11.8 Å². The second-order valence-corrected chi connectivity index (χ2v) is 5.55. The molecule has 0 saturated carbocycles. The molecule has 108 valence electrons. The summed E-state index contributed by atoms with van der Waals surface area (Å²) in [6.45, 7) is 10.5. The molecule has 0 aliphatic carbocycles. The average Bonchev–Trinajstić information content (AvgIpc) is 2.73. The van der Waals surface area contributed by atoms with E-state index in [0.717, 1.165) is 18.8 Å². The second kappa shape index (κ2) is 6.68. The van der Waals surface area contributed by atoms with Crippen molar-refractivity contribution in [2.24, 2.45) is 11.1 Å². The smallest absolute Gasteiger partial charge is 0.240 e. The van der Waals surface area contributed by atoms with Gasteiger partial charge in [-0.15, -0.1) is 0 Å². The van der Waals surface area contributed by atoms with Crippen molar-refractivity contribution in [3.63, 3.8) is 0 Å². The van der Waals surface area contributed by atoms with Gasteiger partial charge in [-0.25, -0.2) is 0 Å². The molecule has 3 N–H and O–H groups in total. The Morgan fingerprint density at radius 3 is 2.74 bits per heavy atom. The van der Waals surface area contributed by atoms with Crippen molar-refractivity contribution in [1.29, 1.82) is 0 Å². The van der Waals surface area contributed by atoms with E-state index in [4.69, 9.17) is 10.3 Å². The van der Waals surface area contributed by atoms with E-state index in [0.29, 0.717) is 19.0 Å². The van der Waals surface area contributed by atoms with E-state index in [9.17, 15) is 4.79 Å². The van der Waals surface area contributed by atoms with Crippen LogP contribution in [0.25, 0.3) is 0 Å². The molecule has 1 heterocycles. The SMILES string of the molecule is CCN(CC(=O)Nc1cc(C)no1)CC(C)(C)CN. The first-order valence-corrected chi connectivity index (χ1v) is 6.52. The van der Waals surface area contributed by atoms with E-state index < -0.39 is 0 Å². The minimum Gasteiger partial charge on any atom is -0.338 e. The number of hydrogen-bond acceptors (Lipinski definition) is 5. The van der Waals surface area contributed by atoms with Crippen LogP contribution in [-0.4, -0.2) is 42.1 Å². The normalized spacial score (nSPS) is 11.9. The third-order valence-electron chi connectivity index (χ3n) is 2.91. The van der Waals surface area contributed by atoms with Gasteiger partial charge in [0.1, 0.15) is 0 Å². The summed E-state index contributed by atoms with van der Waals surface area (Å²) in [4.78, 5) is 14.0. The Morgan fingerprint density at radius 2 is 2.26 bits per heavy atom. The number of nitrogens with one attached hydrogen (secondary N) is 1. The van der Waals surface area contributed by atoms with Crippen molar-refractivity contribution < 1.29 is 9.32 Å². The zero-order valence-corrected chi connectivity index (χ0v) is 12.2. The molecule has 0 saturated heterocycles. The van der Waals surface area contributed by atoms with Crippen molar-refractivity contribution in [3.8, 4) is 0 Å². The molecular weight excluding hydrogens is 244 g/mol. The maximum absolute atomic E-state index is 11.9. The Morgan fingerprint density at radius 1 is 1.58 bits per heavy atom. The molecule has 1 aromatic heterocycles. The number of rotatable bonds is 7. The van der Waals surface area contributed by atoms with E-state index >= 15 is 0 Å². The van der Waals surface area contributed by atoms with Gasteiger partial charge in [0.2, 0.25) is 11.8 Å². The lowest BCUT2D eigenvalue weighted by Crippen LogP contribution is -2.42. The van der Waals surface area contributed by atoms with Crippen LogP contribution in [0, 0.1) is 12.3 Å². The molecule has 0 spiro atoms. The van der Waals surface area contributed by atoms with E-state index in [1.54, 1.807) is 13.0 Å². The maximum Gasteiger partial charge on any atom is 0.240 e. The van der Waals surface area contributed by atoms with Gasteiger partial charge in [-0.3, -0.25) is 15.0 Å². The minimum absolute atomic E-state index is 0.000877. The van der Waals surface area contributed by atoms with Crippen molar-refractivity contribution in [2.75, 3.05) is 31.5 Å². The maximum atomic E-state index is 11.9. The first-order valence-electron chi connectivity index (χ1n) is 6.52. The molecule has 0 fully saturated rings. The van der Waals surface area contributed by atoms with Gasteiger partial charge in [0.15, 0.2) is 0 Å². The van der Waals surface area contributed by atoms with Crippen LogP contribution < -0.4 is 11.1 Å². The van der Waals surface area contributed by atoms with Crippen LogP contribution in [0.3, 0.4) is 0 Å². The lowest BCUT2D eigenvalue weighted by Gasteiger charge is -2.30. The highest BCUT2D eigenvalue weighted by molar-refractivity contribution is 5.90. The largest absolute Gasteiger partial charge is 0.338 e. The number of aryl methyl sites for hydroxylation is 1. The molecule has 1 rings (SSSR count). The number of hydrogen-bond donors (Lipinski definition) is 2. The van der Waals surface area contributed by atoms with Crippen LogP contribution in [0.15, 0.2) is 10.6 Å². The highest BCUT2D eigenvalue weighted by Crippen LogP contribution is 2.15. The van der Waals surface area contributed by atoms with Crippen molar-refractivity contribution >= 4 is 11.8 Å². The number of amides is 1. The van der Waals surface area contributed by atoms with Crippen LogP contribution in [0.2, 0.25) is 0 Å². The molecule has 0 bridgehead atoms. The Bertz CT molecular complexity index is 415. The third-order valence-corrected chi connectivity index (χ3v) is 2.91. The van der Waals surface area contributed by atoms with Gasteiger partial charge in [-0.05, 0) is 25.4 Å². The van der Waals surface area contributed by atoms with Gasteiger partial charge >= 0.3 is 0 Å². The van der Waals surface area contributed by atoms with Crippen molar-refractivity contribution in [2.45, 2.75) is 27.7 Å². The Balaban J connectivity index is 2.49. The molecule has 19 heavy (non-hydrogen) atoms. The van der Waals surface area contributed by atoms with Gasteiger partial charge in [0, 0.05) is 12.6 Å². The third kappa shape index (κ3) is 5.40. The monoisotopic (exact) mass is 268 g/mol. The molecule has 0 aromatic carbocycles.